The third kappa shape index (κ3) is 6.96. The number of hydrogen-bond donors (Lipinski definition) is 0. The van der Waals surface area contributed by atoms with Gasteiger partial charge in [-0.15, -0.1) is 0 Å². The summed E-state index contributed by atoms with van der Waals surface area (Å²) in [6.45, 7) is 4.10. The van der Waals surface area contributed by atoms with Crippen molar-refractivity contribution < 1.29 is 17.1 Å². The molecule has 2 aromatic carbocycles. The molecule has 0 heterocycles. The van der Waals surface area contributed by atoms with Crippen molar-refractivity contribution in [3.8, 4) is 0 Å². The van der Waals surface area contributed by atoms with Gasteiger partial charge in [-0.25, -0.2) is 0 Å². The van der Waals surface area contributed by atoms with Crippen LogP contribution in [0.25, 0.3) is 0 Å². The molecular weight excluding hydrogens is 232 g/mol. The second-order valence-corrected chi connectivity index (χ2v) is 3.16. The van der Waals surface area contributed by atoms with Crippen LogP contribution in [0.2, 0.25) is 0 Å². The van der Waals surface area contributed by atoms with Crippen molar-refractivity contribution in [1.82, 2.24) is 0 Å². The van der Waals surface area contributed by atoms with Gasteiger partial charge in [-0.2, -0.15) is 71.8 Å². The van der Waals surface area contributed by atoms with Crippen LogP contribution in [-0.4, -0.2) is 0 Å². The van der Waals surface area contributed by atoms with Gasteiger partial charge in [0, 0.05) is 0 Å². The number of rotatable bonds is 0. The van der Waals surface area contributed by atoms with E-state index in [2.05, 4.69) is 38.1 Å². The fraction of sp³-hybridized carbons (Fsp3) is 0.143. The number of benzene rings is 2. The van der Waals surface area contributed by atoms with Crippen molar-refractivity contribution >= 4 is 0 Å². The fourth-order valence-corrected chi connectivity index (χ4v) is 0.966. The predicted octanol–water partition coefficient (Wildman–Crippen LogP) is 3.59. The zero-order valence-electron chi connectivity index (χ0n) is 8.92. The van der Waals surface area contributed by atoms with Crippen LogP contribution in [0.4, 0.5) is 0 Å². The summed E-state index contributed by atoms with van der Waals surface area (Å²) in [6, 6.07) is 21.7. The van der Waals surface area contributed by atoms with Gasteiger partial charge in [0.05, 0.1) is 0 Å². The van der Waals surface area contributed by atoms with E-state index in [0.717, 1.165) is 0 Å². The van der Waals surface area contributed by atoms with E-state index < -0.39 is 0 Å². The molecule has 0 saturated carbocycles. The van der Waals surface area contributed by atoms with Gasteiger partial charge in [0.1, 0.15) is 0 Å². The molecule has 0 aliphatic carbocycles. The minimum Gasteiger partial charge on any atom is -0.184 e. The normalized spacial score (nSPS) is 8.13. The summed E-state index contributed by atoms with van der Waals surface area (Å²) in [5.74, 6) is 0. The summed E-state index contributed by atoms with van der Waals surface area (Å²) in [5, 5.41) is 0. The summed E-state index contributed by atoms with van der Waals surface area (Å²) in [5.41, 5.74) is 2.53. The molecule has 0 aliphatic heterocycles. The maximum absolute atomic E-state index is 2.96. The zero-order chi connectivity index (χ0) is 10.2. The Kier molecular flexibility index (Phi) is 7.71. The largest absolute Gasteiger partial charge is 2.00 e. The van der Waals surface area contributed by atoms with Gasteiger partial charge in [-0.05, 0) is 0 Å². The topological polar surface area (TPSA) is 0 Å². The molecule has 0 amide bonds. The van der Waals surface area contributed by atoms with Crippen LogP contribution < -0.4 is 0 Å². The van der Waals surface area contributed by atoms with E-state index >= 15 is 0 Å². The van der Waals surface area contributed by atoms with E-state index in [1.807, 2.05) is 36.4 Å². The zero-order valence-corrected chi connectivity index (χ0v) is 9.86. The first-order chi connectivity index (χ1) is 6.79. The fourth-order valence-electron chi connectivity index (χ4n) is 0.966. The molecule has 2 aromatic rings. The summed E-state index contributed by atoms with van der Waals surface area (Å²) < 4.78 is 0. The van der Waals surface area contributed by atoms with E-state index in [4.69, 9.17) is 0 Å². The molecule has 81 valence electrons. The Morgan fingerprint density at radius 3 is 1.33 bits per heavy atom. The van der Waals surface area contributed by atoms with Crippen LogP contribution in [0.15, 0.2) is 48.5 Å². The third-order valence-corrected chi connectivity index (χ3v) is 1.73. The van der Waals surface area contributed by atoms with Crippen LogP contribution in [0.3, 0.4) is 0 Å². The molecule has 0 aromatic heterocycles. The summed E-state index contributed by atoms with van der Waals surface area (Å²) in [6.07, 6.45) is 0. The van der Waals surface area contributed by atoms with Crippen LogP contribution in [-0.2, 0) is 17.1 Å². The molecule has 15 heavy (non-hydrogen) atoms. The molecule has 1 heteroatoms. The van der Waals surface area contributed by atoms with Gasteiger partial charge in [0.25, 0.3) is 0 Å². The van der Waals surface area contributed by atoms with Gasteiger partial charge in [0.15, 0.2) is 0 Å². The average molecular weight is 246 g/mol. The minimum atomic E-state index is 0. The van der Waals surface area contributed by atoms with Crippen LogP contribution in [0.1, 0.15) is 11.1 Å². The van der Waals surface area contributed by atoms with Crippen LogP contribution >= 0.6 is 0 Å². The first-order valence-electron chi connectivity index (χ1n) is 4.64. The Morgan fingerprint density at radius 1 is 0.800 bits per heavy atom. The first-order valence-corrected chi connectivity index (χ1v) is 4.64. The van der Waals surface area contributed by atoms with Gasteiger partial charge in [-0.3, -0.25) is 0 Å². The third-order valence-electron chi connectivity index (χ3n) is 1.73. The summed E-state index contributed by atoms with van der Waals surface area (Å²) in [4.78, 5) is 0. The van der Waals surface area contributed by atoms with Crippen LogP contribution in [0, 0.1) is 26.0 Å². The SMILES string of the molecule is Cc1c[c-]ccc1.Cc1c[c-]ccc1.[Cu+2]. The van der Waals surface area contributed by atoms with Crippen molar-refractivity contribution in [3.63, 3.8) is 0 Å². The molecule has 2 rings (SSSR count). The number of aryl methyl sites for hydroxylation is 2. The summed E-state index contributed by atoms with van der Waals surface area (Å²) in [7, 11) is 0. The Balaban J connectivity index is 0.000000245. The molecule has 0 atom stereocenters. The van der Waals surface area contributed by atoms with Gasteiger partial charge < -0.3 is 0 Å². The van der Waals surface area contributed by atoms with Crippen molar-refractivity contribution in [3.05, 3.63) is 71.8 Å². The number of hydrogen-bond acceptors (Lipinski definition) is 0. The Bertz CT molecular complexity index is 303. The second-order valence-electron chi connectivity index (χ2n) is 3.16. The molecule has 0 bridgehead atoms. The molecule has 0 N–H and O–H groups in total. The van der Waals surface area contributed by atoms with Crippen LogP contribution in [0.5, 0.6) is 0 Å². The van der Waals surface area contributed by atoms with E-state index in [0.29, 0.717) is 0 Å². The van der Waals surface area contributed by atoms with E-state index in [9.17, 15) is 0 Å². The van der Waals surface area contributed by atoms with Crippen molar-refractivity contribution in [1.29, 1.82) is 0 Å². The van der Waals surface area contributed by atoms with E-state index in [1.165, 1.54) is 11.1 Å². The molecule has 0 fully saturated rings. The molecule has 0 nitrogen and oxygen atoms in total. The molecule has 0 spiro atoms. The first kappa shape index (κ1) is 14.0. The van der Waals surface area contributed by atoms with E-state index in [-0.39, 0.29) is 17.1 Å². The predicted molar refractivity (Wildman–Crippen MR) is 60.0 cm³/mol. The van der Waals surface area contributed by atoms with Gasteiger partial charge in [-0.1, -0.05) is 13.8 Å². The molecule has 1 radical (unpaired) electrons. The smallest absolute Gasteiger partial charge is 0.184 e. The van der Waals surface area contributed by atoms with Crippen molar-refractivity contribution in [2.24, 2.45) is 0 Å². The Labute approximate surface area is 103 Å². The van der Waals surface area contributed by atoms with Crippen molar-refractivity contribution in [2.45, 2.75) is 13.8 Å². The maximum atomic E-state index is 2.96. The van der Waals surface area contributed by atoms with Gasteiger partial charge in [0.2, 0.25) is 0 Å². The van der Waals surface area contributed by atoms with Gasteiger partial charge >= 0.3 is 17.1 Å². The maximum Gasteiger partial charge on any atom is 2.00 e. The molecule has 0 aliphatic rings. The molecular formula is C14H14Cu. The Morgan fingerprint density at radius 2 is 1.20 bits per heavy atom. The standard InChI is InChI=1S/2C7H7.Cu/c2*1-7-5-3-2-4-6-7;/h2*2-3,5-6H,1H3;/q2*-1;+2. The van der Waals surface area contributed by atoms with E-state index in [1.54, 1.807) is 0 Å². The van der Waals surface area contributed by atoms with Crippen molar-refractivity contribution in [2.75, 3.05) is 0 Å². The molecule has 0 saturated heterocycles. The summed E-state index contributed by atoms with van der Waals surface area (Å²) >= 11 is 0. The minimum absolute atomic E-state index is 0. The monoisotopic (exact) mass is 245 g/mol. The second kappa shape index (κ2) is 8.28. The average Bonchev–Trinajstić information content (AvgIpc) is 2.21. The quantitative estimate of drug-likeness (QED) is 0.492. The molecule has 0 unspecified atom stereocenters. The Hall–Kier alpha value is -1.04.